The molecule has 1 aromatic heterocycles. The fourth-order valence-electron chi connectivity index (χ4n) is 1.60. The average molecular weight is 200 g/mol. The van der Waals surface area contributed by atoms with E-state index in [2.05, 4.69) is 4.98 Å². The molecule has 3 nitrogen and oxygen atoms in total. The highest BCUT2D eigenvalue weighted by Crippen LogP contribution is 2.22. The Morgan fingerprint density at radius 3 is 2.80 bits per heavy atom. The Kier molecular flexibility index (Phi) is 2.65. The maximum atomic E-state index is 10.6. The van der Waals surface area contributed by atoms with Crippen LogP contribution in [0.15, 0.2) is 36.5 Å². The van der Waals surface area contributed by atoms with E-state index in [0.717, 1.165) is 23.1 Å². The van der Waals surface area contributed by atoms with E-state index in [1.165, 1.54) is 0 Å². The van der Waals surface area contributed by atoms with E-state index in [9.17, 15) is 4.79 Å². The Morgan fingerprint density at radius 2 is 2.13 bits per heavy atom. The fourth-order valence-corrected chi connectivity index (χ4v) is 1.60. The number of nitrogens with one attached hydrogen (secondary N) is 1. The van der Waals surface area contributed by atoms with Crippen LogP contribution < -0.4 is 5.73 Å². The van der Waals surface area contributed by atoms with Gasteiger partial charge in [0, 0.05) is 29.6 Å². The van der Waals surface area contributed by atoms with Crippen molar-refractivity contribution in [3.8, 4) is 11.3 Å². The topological polar surface area (TPSA) is 58.9 Å². The third kappa shape index (κ3) is 1.82. The Morgan fingerprint density at radius 1 is 1.33 bits per heavy atom. The molecule has 3 heteroatoms. The zero-order chi connectivity index (χ0) is 10.7. The van der Waals surface area contributed by atoms with Crippen LogP contribution in [0.5, 0.6) is 0 Å². The van der Waals surface area contributed by atoms with Crippen molar-refractivity contribution in [2.45, 2.75) is 6.54 Å². The maximum absolute atomic E-state index is 10.6. The SMILES string of the molecule is NCc1ccccc1-c1cc(C=O)c[nH]1. The number of H-pyrrole nitrogens is 1. The summed E-state index contributed by atoms with van der Waals surface area (Å²) in [4.78, 5) is 13.6. The lowest BCUT2D eigenvalue weighted by Gasteiger charge is -2.04. The van der Waals surface area contributed by atoms with Crippen LogP contribution in [0.25, 0.3) is 11.3 Å². The Labute approximate surface area is 87.9 Å². The molecular formula is C12H12N2O. The number of nitrogens with two attached hydrogens (primary N) is 1. The van der Waals surface area contributed by atoms with E-state index in [0.29, 0.717) is 12.1 Å². The average Bonchev–Trinajstić information content (AvgIpc) is 2.77. The molecule has 76 valence electrons. The number of aldehydes is 1. The van der Waals surface area contributed by atoms with Gasteiger partial charge in [0.05, 0.1) is 0 Å². The van der Waals surface area contributed by atoms with Gasteiger partial charge in [-0.2, -0.15) is 0 Å². The molecule has 0 radical (unpaired) electrons. The minimum Gasteiger partial charge on any atom is -0.360 e. The number of hydrogen-bond donors (Lipinski definition) is 2. The number of aromatic amines is 1. The van der Waals surface area contributed by atoms with E-state index >= 15 is 0 Å². The van der Waals surface area contributed by atoms with Crippen LogP contribution in [0.3, 0.4) is 0 Å². The third-order valence-electron chi connectivity index (χ3n) is 2.37. The number of aromatic nitrogens is 1. The molecule has 0 aliphatic rings. The minimum atomic E-state index is 0.492. The van der Waals surface area contributed by atoms with E-state index < -0.39 is 0 Å². The fraction of sp³-hybridized carbons (Fsp3) is 0.0833. The number of hydrogen-bond acceptors (Lipinski definition) is 2. The van der Waals surface area contributed by atoms with E-state index in [-0.39, 0.29) is 0 Å². The van der Waals surface area contributed by atoms with Gasteiger partial charge in [-0.1, -0.05) is 24.3 Å². The zero-order valence-electron chi connectivity index (χ0n) is 8.23. The van der Waals surface area contributed by atoms with E-state index in [4.69, 9.17) is 5.73 Å². The summed E-state index contributed by atoms with van der Waals surface area (Å²) in [5.74, 6) is 0. The van der Waals surface area contributed by atoms with Crippen LogP contribution in [0.2, 0.25) is 0 Å². The van der Waals surface area contributed by atoms with Crippen LogP contribution in [0.4, 0.5) is 0 Å². The molecule has 0 saturated heterocycles. The molecular weight excluding hydrogens is 188 g/mol. The Bertz CT molecular complexity index is 474. The molecule has 2 rings (SSSR count). The van der Waals surface area contributed by atoms with Crippen molar-refractivity contribution in [3.63, 3.8) is 0 Å². The molecule has 3 N–H and O–H groups in total. The second kappa shape index (κ2) is 4.11. The predicted molar refractivity (Wildman–Crippen MR) is 59.5 cm³/mol. The molecule has 0 saturated carbocycles. The molecule has 0 unspecified atom stereocenters. The summed E-state index contributed by atoms with van der Waals surface area (Å²) < 4.78 is 0. The summed E-state index contributed by atoms with van der Waals surface area (Å²) in [5.41, 5.74) is 9.34. The standard InChI is InChI=1S/C12H12N2O/c13-6-10-3-1-2-4-11(10)12-5-9(8-15)7-14-12/h1-5,7-8,14H,6,13H2. The van der Waals surface area contributed by atoms with Crippen LogP contribution in [-0.4, -0.2) is 11.3 Å². The van der Waals surface area contributed by atoms with Crippen molar-refractivity contribution >= 4 is 6.29 Å². The zero-order valence-corrected chi connectivity index (χ0v) is 8.23. The third-order valence-corrected chi connectivity index (χ3v) is 2.37. The number of benzene rings is 1. The van der Waals surface area contributed by atoms with Gasteiger partial charge >= 0.3 is 0 Å². The Balaban J connectivity index is 2.48. The molecule has 15 heavy (non-hydrogen) atoms. The first-order valence-corrected chi connectivity index (χ1v) is 4.77. The van der Waals surface area contributed by atoms with Gasteiger partial charge in [-0.15, -0.1) is 0 Å². The predicted octanol–water partition coefficient (Wildman–Crippen LogP) is 1.95. The van der Waals surface area contributed by atoms with Gasteiger partial charge in [-0.05, 0) is 11.6 Å². The molecule has 2 aromatic rings. The molecule has 0 aliphatic carbocycles. The lowest BCUT2D eigenvalue weighted by atomic mass is 10.0. The van der Waals surface area contributed by atoms with Crippen LogP contribution in [0.1, 0.15) is 15.9 Å². The summed E-state index contributed by atoms with van der Waals surface area (Å²) >= 11 is 0. The summed E-state index contributed by atoms with van der Waals surface area (Å²) in [6.07, 6.45) is 2.51. The Hall–Kier alpha value is -1.87. The molecule has 0 amide bonds. The van der Waals surface area contributed by atoms with Gasteiger partial charge < -0.3 is 10.7 Å². The van der Waals surface area contributed by atoms with Gasteiger partial charge in [0.15, 0.2) is 6.29 Å². The summed E-state index contributed by atoms with van der Waals surface area (Å²) in [6.45, 7) is 0.492. The molecule has 1 heterocycles. The van der Waals surface area contributed by atoms with Gasteiger partial charge in [-0.3, -0.25) is 4.79 Å². The molecule has 0 fully saturated rings. The molecule has 0 aliphatic heterocycles. The van der Waals surface area contributed by atoms with E-state index in [1.54, 1.807) is 6.20 Å². The van der Waals surface area contributed by atoms with Crippen LogP contribution in [0, 0.1) is 0 Å². The highest BCUT2D eigenvalue weighted by atomic mass is 16.1. The molecule has 0 atom stereocenters. The highest BCUT2D eigenvalue weighted by molar-refractivity contribution is 5.78. The smallest absolute Gasteiger partial charge is 0.151 e. The molecule has 1 aromatic carbocycles. The number of carbonyl (C=O) groups is 1. The number of rotatable bonds is 3. The molecule has 0 spiro atoms. The van der Waals surface area contributed by atoms with Gasteiger partial charge in [0.25, 0.3) is 0 Å². The summed E-state index contributed by atoms with van der Waals surface area (Å²) in [6, 6.07) is 9.70. The van der Waals surface area contributed by atoms with Gasteiger partial charge in [0.2, 0.25) is 0 Å². The highest BCUT2D eigenvalue weighted by Gasteiger charge is 2.05. The second-order valence-corrected chi connectivity index (χ2v) is 3.33. The normalized spacial score (nSPS) is 10.2. The lowest BCUT2D eigenvalue weighted by molar-refractivity contribution is 0.112. The minimum absolute atomic E-state index is 0.492. The largest absolute Gasteiger partial charge is 0.360 e. The summed E-state index contributed by atoms with van der Waals surface area (Å²) in [5, 5.41) is 0. The summed E-state index contributed by atoms with van der Waals surface area (Å²) in [7, 11) is 0. The lowest BCUT2D eigenvalue weighted by Crippen LogP contribution is -1.98. The first kappa shape index (κ1) is 9.68. The van der Waals surface area contributed by atoms with Gasteiger partial charge in [-0.25, -0.2) is 0 Å². The van der Waals surface area contributed by atoms with Crippen LogP contribution >= 0.6 is 0 Å². The molecule has 0 bridgehead atoms. The maximum Gasteiger partial charge on any atom is 0.151 e. The second-order valence-electron chi connectivity index (χ2n) is 3.33. The van der Waals surface area contributed by atoms with Gasteiger partial charge in [0.1, 0.15) is 0 Å². The van der Waals surface area contributed by atoms with Crippen molar-refractivity contribution < 1.29 is 4.79 Å². The van der Waals surface area contributed by atoms with Crippen molar-refractivity contribution in [1.29, 1.82) is 0 Å². The van der Waals surface area contributed by atoms with Crippen molar-refractivity contribution in [1.82, 2.24) is 4.98 Å². The van der Waals surface area contributed by atoms with E-state index in [1.807, 2.05) is 30.3 Å². The monoisotopic (exact) mass is 200 g/mol. The quantitative estimate of drug-likeness (QED) is 0.744. The first-order chi connectivity index (χ1) is 7.35. The first-order valence-electron chi connectivity index (χ1n) is 4.77. The van der Waals surface area contributed by atoms with Crippen molar-refractivity contribution in [2.75, 3.05) is 0 Å². The number of carbonyl (C=O) groups excluding carboxylic acids is 1. The van der Waals surface area contributed by atoms with Crippen molar-refractivity contribution in [3.05, 3.63) is 47.7 Å². The van der Waals surface area contributed by atoms with Crippen molar-refractivity contribution in [2.24, 2.45) is 5.73 Å². The van der Waals surface area contributed by atoms with Crippen LogP contribution in [-0.2, 0) is 6.54 Å².